The molecule has 0 fully saturated rings. The number of aromatic nitrogens is 1. The van der Waals surface area contributed by atoms with E-state index in [9.17, 15) is 4.79 Å². The molecule has 0 aliphatic carbocycles. The number of nitrogens with zero attached hydrogens (tertiary/aromatic N) is 1. The van der Waals surface area contributed by atoms with E-state index in [1.165, 1.54) is 11.3 Å². The van der Waals surface area contributed by atoms with Gasteiger partial charge >= 0.3 is 0 Å². The second kappa shape index (κ2) is 9.02. The maximum absolute atomic E-state index is 13.7. The zero-order valence-corrected chi connectivity index (χ0v) is 21.3. The number of carbonyl (C=O) groups is 1. The molecule has 0 bridgehead atoms. The van der Waals surface area contributed by atoms with Crippen molar-refractivity contribution in [2.45, 2.75) is 10.9 Å². The van der Waals surface area contributed by atoms with Gasteiger partial charge in [-0.25, -0.2) is 0 Å². The van der Waals surface area contributed by atoms with Crippen molar-refractivity contribution in [2.24, 2.45) is 7.05 Å². The Labute approximate surface area is 207 Å². The Bertz CT molecular complexity index is 1240. The number of ketones is 1. The summed E-state index contributed by atoms with van der Waals surface area (Å²) >= 11 is 29.0. The fourth-order valence-corrected chi connectivity index (χ4v) is 7.63. The van der Waals surface area contributed by atoms with Crippen molar-refractivity contribution < 1.29 is 4.79 Å². The van der Waals surface area contributed by atoms with E-state index in [4.69, 9.17) is 47.0 Å². The highest BCUT2D eigenvalue weighted by Crippen LogP contribution is 2.54. The highest BCUT2D eigenvalue weighted by molar-refractivity contribution is 8.22. The first kappa shape index (κ1) is 22.5. The first-order chi connectivity index (χ1) is 14.3. The lowest BCUT2D eigenvalue weighted by Crippen LogP contribution is -2.18. The van der Waals surface area contributed by atoms with E-state index in [0.717, 1.165) is 23.7 Å². The normalized spacial score (nSPS) is 16.0. The number of hydrogen-bond donors (Lipinski definition) is 0. The molecule has 1 aliphatic rings. The molecule has 9 heteroatoms. The van der Waals surface area contributed by atoms with Crippen molar-refractivity contribution in [1.29, 1.82) is 0 Å². The number of allylic oxidation sites excluding steroid dienone is 1. The zero-order chi connectivity index (χ0) is 21.6. The highest BCUT2D eigenvalue weighted by atomic mass is 35.5. The van der Waals surface area contributed by atoms with Crippen LogP contribution in [0, 0.1) is 3.95 Å². The summed E-state index contributed by atoms with van der Waals surface area (Å²) in [5.74, 6) is -0.378. The molecular weight excluding hydrogens is 517 g/mol. The molecule has 1 aliphatic heterocycles. The molecule has 0 saturated heterocycles. The van der Waals surface area contributed by atoms with Crippen LogP contribution in [-0.2, 0) is 7.05 Å². The van der Waals surface area contributed by atoms with Gasteiger partial charge in [-0.3, -0.25) is 4.79 Å². The highest BCUT2D eigenvalue weighted by Gasteiger charge is 2.37. The maximum Gasteiger partial charge on any atom is 0.191 e. The molecule has 154 valence electrons. The smallest absolute Gasteiger partial charge is 0.191 e. The maximum atomic E-state index is 13.7. The SMILES string of the molecule is CSC1=C(C(=O)c2ccc(Cl)cc2)C(c2ccc(Cl)cc2Cl)c2sc(=S)n(C)c2S1. The third kappa shape index (κ3) is 4.04. The van der Waals surface area contributed by atoms with Crippen LogP contribution in [0.1, 0.15) is 26.7 Å². The van der Waals surface area contributed by atoms with Crippen LogP contribution < -0.4 is 0 Å². The Morgan fingerprint density at radius 1 is 1.10 bits per heavy atom. The minimum Gasteiger partial charge on any atom is -0.321 e. The van der Waals surface area contributed by atoms with Crippen molar-refractivity contribution in [3.8, 4) is 0 Å². The molecule has 2 heterocycles. The van der Waals surface area contributed by atoms with Crippen LogP contribution in [-0.4, -0.2) is 16.6 Å². The van der Waals surface area contributed by atoms with E-state index in [1.807, 2.05) is 23.9 Å². The second-order valence-corrected chi connectivity index (χ2v) is 11.6. The number of Topliss-reactive ketones (excluding diaryl/α,β-unsaturated/α-hetero) is 1. The van der Waals surface area contributed by atoms with Crippen molar-refractivity contribution in [3.63, 3.8) is 0 Å². The van der Waals surface area contributed by atoms with E-state index in [1.54, 1.807) is 59.9 Å². The first-order valence-electron chi connectivity index (χ1n) is 8.72. The monoisotopic (exact) mass is 529 g/mol. The number of hydrogen-bond acceptors (Lipinski definition) is 5. The molecule has 2 nitrogen and oxygen atoms in total. The average Bonchev–Trinajstić information content (AvgIpc) is 3.01. The van der Waals surface area contributed by atoms with E-state index in [2.05, 4.69) is 0 Å². The quantitative estimate of drug-likeness (QED) is 0.249. The van der Waals surface area contributed by atoms with E-state index >= 15 is 0 Å². The number of fused-ring (bicyclic) bond motifs is 1. The molecule has 1 aromatic heterocycles. The van der Waals surface area contributed by atoms with Gasteiger partial charge in [-0.1, -0.05) is 52.6 Å². The van der Waals surface area contributed by atoms with Crippen LogP contribution in [0.4, 0.5) is 0 Å². The van der Waals surface area contributed by atoms with Gasteiger partial charge in [0.05, 0.1) is 20.1 Å². The van der Waals surface area contributed by atoms with Gasteiger partial charge in [0, 0.05) is 33.3 Å². The molecule has 0 amide bonds. The minimum absolute atomic E-state index is 0.0489. The van der Waals surface area contributed by atoms with Crippen molar-refractivity contribution >= 4 is 87.7 Å². The summed E-state index contributed by atoms with van der Waals surface area (Å²) in [5.41, 5.74) is 2.12. The summed E-state index contributed by atoms with van der Waals surface area (Å²) in [6.07, 6.45) is 1.98. The summed E-state index contributed by atoms with van der Waals surface area (Å²) in [5, 5.41) is 2.70. The van der Waals surface area contributed by atoms with Gasteiger partial charge in [-0.15, -0.1) is 23.1 Å². The third-order valence-corrected chi connectivity index (χ3v) is 9.75. The Balaban J connectivity index is 1.98. The topological polar surface area (TPSA) is 22.0 Å². The fraction of sp³-hybridized carbons (Fsp3) is 0.143. The largest absolute Gasteiger partial charge is 0.321 e. The summed E-state index contributed by atoms with van der Waals surface area (Å²) in [6.45, 7) is 0. The predicted octanol–water partition coefficient (Wildman–Crippen LogP) is 8.47. The van der Waals surface area contributed by atoms with Crippen LogP contribution in [0.15, 0.2) is 57.3 Å². The lowest BCUT2D eigenvalue weighted by Gasteiger charge is -2.28. The van der Waals surface area contributed by atoms with Gasteiger partial charge in [0.1, 0.15) is 0 Å². The molecule has 0 radical (unpaired) electrons. The summed E-state index contributed by atoms with van der Waals surface area (Å²) in [4.78, 5) is 14.7. The molecule has 3 aromatic rings. The molecule has 0 N–H and O–H groups in total. The number of benzene rings is 2. The van der Waals surface area contributed by atoms with Crippen LogP contribution >= 0.6 is 81.9 Å². The van der Waals surface area contributed by atoms with Crippen LogP contribution in [0.25, 0.3) is 0 Å². The number of halogens is 3. The zero-order valence-electron chi connectivity index (χ0n) is 15.7. The predicted molar refractivity (Wildman–Crippen MR) is 135 cm³/mol. The lowest BCUT2D eigenvalue weighted by molar-refractivity contribution is 0.102. The number of rotatable bonds is 4. The Hall–Kier alpha value is -0.730. The van der Waals surface area contributed by atoms with Crippen molar-refractivity contribution in [2.75, 3.05) is 6.26 Å². The van der Waals surface area contributed by atoms with Gasteiger partial charge in [0.2, 0.25) is 0 Å². The van der Waals surface area contributed by atoms with Crippen LogP contribution in [0.3, 0.4) is 0 Å². The van der Waals surface area contributed by atoms with Crippen LogP contribution in [0.2, 0.25) is 15.1 Å². The molecular formula is C21H14Cl3NOS4. The van der Waals surface area contributed by atoms with E-state index in [0.29, 0.717) is 26.2 Å². The van der Waals surface area contributed by atoms with Crippen molar-refractivity contribution in [1.82, 2.24) is 4.57 Å². The Morgan fingerprint density at radius 2 is 1.77 bits per heavy atom. The van der Waals surface area contributed by atoms with Gasteiger partial charge in [0.25, 0.3) is 0 Å². The standard InChI is InChI=1S/C21H14Cl3NOS4/c1-25-19-18(29-21(25)27)15(13-8-7-12(23)9-14(13)24)16(20(28-2)30-19)17(26)10-3-5-11(22)6-4-10/h3-9,15H,1-2H3. The van der Waals surface area contributed by atoms with Gasteiger partial charge in [-0.2, -0.15) is 0 Å². The average molecular weight is 531 g/mol. The first-order valence-corrected chi connectivity index (χ1v) is 13.1. The van der Waals surface area contributed by atoms with Gasteiger partial charge in [0.15, 0.2) is 9.74 Å². The summed E-state index contributed by atoms with van der Waals surface area (Å²) in [7, 11) is 1.95. The fourth-order valence-electron chi connectivity index (χ4n) is 3.31. The molecule has 2 aromatic carbocycles. The molecule has 1 atom stereocenters. The van der Waals surface area contributed by atoms with Crippen molar-refractivity contribution in [3.05, 3.63) is 87.3 Å². The van der Waals surface area contributed by atoms with E-state index in [-0.39, 0.29) is 11.7 Å². The number of thioether (sulfide) groups is 2. The Morgan fingerprint density at radius 3 is 2.40 bits per heavy atom. The van der Waals surface area contributed by atoms with Crippen LogP contribution in [0.5, 0.6) is 0 Å². The summed E-state index contributed by atoms with van der Waals surface area (Å²) in [6, 6.07) is 12.4. The number of thiazole rings is 1. The van der Waals surface area contributed by atoms with Gasteiger partial charge < -0.3 is 4.57 Å². The second-order valence-electron chi connectivity index (χ2n) is 6.54. The summed E-state index contributed by atoms with van der Waals surface area (Å²) < 4.78 is 3.68. The molecule has 1 unspecified atom stereocenters. The third-order valence-electron chi connectivity index (χ3n) is 4.76. The molecule has 0 spiro atoms. The minimum atomic E-state index is -0.329. The Kier molecular flexibility index (Phi) is 6.76. The lowest BCUT2D eigenvalue weighted by atomic mass is 9.86. The number of carbonyl (C=O) groups excluding carboxylic acids is 1. The molecule has 4 rings (SSSR count). The van der Waals surface area contributed by atoms with E-state index < -0.39 is 0 Å². The van der Waals surface area contributed by atoms with Gasteiger partial charge in [-0.05, 0) is 60.4 Å². The molecule has 0 saturated carbocycles. The molecule has 30 heavy (non-hydrogen) atoms.